The lowest BCUT2D eigenvalue weighted by molar-refractivity contribution is -0.143. The maximum atomic E-state index is 14.2. The van der Waals surface area contributed by atoms with Gasteiger partial charge in [-0.2, -0.15) is 0 Å². The van der Waals surface area contributed by atoms with Gasteiger partial charge in [-0.25, -0.2) is 4.79 Å². The van der Waals surface area contributed by atoms with Crippen LogP contribution in [0.4, 0.5) is 0 Å². The highest BCUT2D eigenvalue weighted by molar-refractivity contribution is 8.01. The number of thioether (sulfide) groups is 2. The zero-order valence-electron chi connectivity index (χ0n) is 27.8. The highest BCUT2D eigenvalue weighted by atomic mass is 32.2. The summed E-state index contributed by atoms with van der Waals surface area (Å²) in [5.41, 5.74) is 6.56. The third-order valence-corrected chi connectivity index (χ3v) is 11.5. The Hall–Kier alpha value is -4.56. The van der Waals surface area contributed by atoms with Crippen molar-refractivity contribution in [2.24, 2.45) is 5.73 Å². The molecule has 17 nitrogen and oxygen atoms in total. The van der Waals surface area contributed by atoms with E-state index in [0.717, 1.165) is 23.5 Å². The Labute approximate surface area is 300 Å². The molecule has 4 rings (SSSR count). The van der Waals surface area contributed by atoms with E-state index in [4.69, 9.17) is 5.73 Å². The van der Waals surface area contributed by atoms with Crippen molar-refractivity contribution in [1.29, 1.82) is 0 Å². The van der Waals surface area contributed by atoms with Gasteiger partial charge in [-0.3, -0.25) is 34.6 Å². The lowest BCUT2D eigenvalue weighted by atomic mass is 10.0. The first-order valence-corrected chi connectivity index (χ1v) is 17.3. The topological polar surface area (TPSA) is 290 Å². The van der Waals surface area contributed by atoms with Crippen LogP contribution in [0.2, 0.25) is 0 Å². The van der Waals surface area contributed by atoms with Gasteiger partial charge in [0.15, 0.2) is 6.04 Å². The number of aromatic hydroxyl groups is 2. The van der Waals surface area contributed by atoms with Gasteiger partial charge in [-0.15, -0.1) is 23.5 Å². The lowest BCUT2D eigenvalue weighted by Gasteiger charge is -2.29. The number of hydrogen-bond donors (Lipinski definition) is 11. The SMILES string of the molecule is CC1(C)SC(C(NC(=O)[C@H](NC(=O)C(NC(=O)[C@H](N)c2ccc(O)cc2)C2N[C@@H](C(=O)O)C(C)(C)S2)c2ccc(O)cc2)C(=O)O)N[C@H]1C(=O)O. The summed E-state index contributed by atoms with van der Waals surface area (Å²) in [6, 6.07) is 2.02. The van der Waals surface area contributed by atoms with Crippen LogP contribution >= 0.6 is 23.5 Å². The minimum Gasteiger partial charge on any atom is -0.508 e. The molecule has 2 saturated heterocycles. The van der Waals surface area contributed by atoms with Crippen molar-refractivity contribution in [2.45, 2.75) is 84.2 Å². The molecule has 2 aromatic carbocycles. The predicted octanol–water partition coefficient (Wildman–Crippen LogP) is -0.202. The molecule has 19 heteroatoms. The molecule has 2 heterocycles. The van der Waals surface area contributed by atoms with E-state index in [1.165, 1.54) is 48.5 Å². The summed E-state index contributed by atoms with van der Waals surface area (Å²) < 4.78 is -1.94. The number of carbonyl (C=O) groups is 6. The van der Waals surface area contributed by atoms with Crippen LogP contribution < -0.4 is 32.3 Å². The van der Waals surface area contributed by atoms with Crippen LogP contribution in [0.15, 0.2) is 48.5 Å². The molecule has 276 valence electrons. The molecule has 3 amide bonds. The van der Waals surface area contributed by atoms with Gasteiger partial charge in [0.1, 0.15) is 41.7 Å². The molecule has 2 fully saturated rings. The van der Waals surface area contributed by atoms with E-state index < -0.39 is 92.1 Å². The van der Waals surface area contributed by atoms with Gasteiger partial charge in [-0.05, 0) is 63.1 Å². The zero-order chi connectivity index (χ0) is 38.0. The number of amides is 3. The molecule has 2 aliphatic heterocycles. The fourth-order valence-corrected chi connectivity index (χ4v) is 8.69. The Kier molecular flexibility index (Phi) is 11.8. The maximum absolute atomic E-state index is 14.2. The first-order valence-electron chi connectivity index (χ1n) is 15.5. The largest absolute Gasteiger partial charge is 0.508 e. The van der Waals surface area contributed by atoms with Crippen LogP contribution in [0.3, 0.4) is 0 Å². The number of carbonyl (C=O) groups excluding carboxylic acids is 3. The Morgan fingerprint density at radius 3 is 1.47 bits per heavy atom. The highest BCUT2D eigenvalue weighted by Gasteiger charge is 2.51. The second kappa shape index (κ2) is 15.4. The van der Waals surface area contributed by atoms with Crippen molar-refractivity contribution < 1.29 is 54.3 Å². The number of carboxylic acid groups (broad SMARTS) is 3. The molecule has 12 N–H and O–H groups in total. The summed E-state index contributed by atoms with van der Waals surface area (Å²) in [4.78, 5) is 77.8. The van der Waals surface area contributed by atoms with Gasteiger partial charge in [0, 0.05) is 9.49 Å². The molecule has 51 heavy (non-hydrogen) atoms. The molecule has 2 aromatic rings. The van der Waals surface area contributed by atoms with E-state index in [1.54, 1.807) is 27.7 Å². The van der Waals surface area contributed by atoms with Crippen LogP contribution in [0, 0.1) is 0 Å². The van der Waals surface area contributed by atoms with Gasteiger partial charge >= 0.3 is 17.9 Å². The van der Waals surface area contributed by atoms with E-state index in [9.17, 15) is 54.3 Å². The molecule has 4 unspecified atom stereocenters. The Bertz CT molecular complexity index is 1670. The lowest BCUT2D eigenvalue weighted by Crippen LogP contribution is -2.60. The predicted molar refractivity (Wildman–Crippen MR) is 186 cm³/mol. The second-order valence-corrected chi connectivity index (χ2v) is 16.7. The molecule has 0 saturated carbocycles. The van der Waals surface area contributed by atoms with Crippen LogP contribution in [0.1, 0.15) is 50.9 Å². The normalized spacial score (nSPS) is 24.3. The second-order valence-electron chi connectivity index (χ2n) is 13.1. The van der Waals surface area contributed by atoms with Gasteiger partial charge in [0.2, 0.25) is 17.7 Å². The average Bonchev–Trinajstić information content (AvgIpc) is 3.55. The van der Waals surface area contributed by atoms with Crippen LogP contribution in [-0.2, 0) is 28.8 Å². The minimum absolute atomic E-state index is 0.0754. The van der Waals surface area contributed by atoms with Crippen molar-refractivity contribution in [3.05, 3.63) is 59.7 Å². The van der Waals surface area contributed by atoms with Crippen molar-refractivity contribution in [3.63, 3.8) is 0 Å². The molecule has 0 aliphatic carbocycles. The number of aliphatic carboxylic acids is 3. The summed E-state index contributed by atoms with van der Waals surface area (Å²) in [5, 5.41) is 60.0. The monoisotopic (exact) mass is 748 g/mol. The molecule has 0 aromatic heterocycles. The van der Waals surface area contributed by atoms with E-state index >= 15 is 0 Å². The quantitative estimate of drug-likeness (QED) is 0.126. The first-order chi connectivity index (χ1) is 23.7. The number of rotatable bonds is 13. The average molecular weight is 749 g/mol. The third kappa shape index (κ3) is 9.03. The van der Waals surface area contributed by atoms with Crippen molar-refractivity contribution >= 4 is 59.2 Å². The highest BCUT2D eigenvalue weighted by Crippen LogP contribution is 2.40. The maximum Gasteiger partial charge on any atom is 0.328 e. The van der Waals surface area contributed by atoms with Crippen LogP contribution in [0.5, 0.6) is 11.5 Å². The summed E-state index contributed by atoms with van der Waals surface area (Å²) in [5.74, 6) is -7.03. The molecule has 8 atom stereocenters. The molecular weight excluding hydrogens is 709 g/mol. The summed E-state index contributed by atoms with van der Waals surface area (Å²) in [6.45, 7) is 6.48. The Morgan fingerprint density at radius 2 is 1.06 bits per heavy atom. The number of nitrogens with two attached hydrogens (primary N) is 1. The van der Waals surface area contributed by atoms with Crippen LogP contribution in [-0.4, -0.2) is 106 Å². The number of phenolic OH excluding ortho intramolecular Hbond substituents is 2. The van der Waals surface area contributed by atoms with E-state index in [0.29, 0.717) is 0 Å². The van der Waals surface area contributed by atoms with Gasteiger partial charge in [-0.1, -0.05) is 24.3 Å². The molecule has 0 radical (unpaired) electrons. The van der Waals surface area contributed by atoms with Gasteiger partial charge in [0.05, 0.1) is 10.7 Å². The number of carboxylic acids is 3. The number of phenols is 2. The van der Waals surface area contributed by atoms with Crippen molar-refractivity contribution in [1.82, 2.24) is 26.6 Å². The summed E-state index contributed by atoms with van der Waals surface area (Å²) >= 11 is 2.05. The Balaban J connectivity index is 1.66. The summed E-state index contributed by atoms with van der Waals surface area (Å²) in [6.07, 6.45) is 0. The third-order valence-electron chi connectivity index (χ3n) is 8.47. The van der Waals surface area contributed by atoms with Crippen LogP contribution in [0.25, 0.3) is 0 Å². The molecule has 2 aliphatic rings. The Morgan fingerprint density at radius 1 is 0.647 bits per heavy atom. The fraction of sp³-hybridized carbons (Fsp3) is 0.438. The number of nitrogens with one attached hydrogen (secondary N) is 5. The number of hydrogen-bond acceptors (Lipinski definition) is 13. The molecular formula is C32H40N6O11S2. The minimum atomic E-state index is -1.68. The van der Waals surface area contributed by atoms with E-state index in [1.807, 2.05) is 0 Å². The van der Waals surface area contributed by atoms with Crippen molar-refractivity contribution in [2.75, 3.05) is 0 Å². The fourth-order valence-electron chi connectivity index (χ4n) is 5.71. The van der Waals surface area contributed by atoms with E-state index in [2.05, 4.69) is 26.6 Å². The zero-order valence-corrected chi connectivity index (χ0v) is 29.5. The van der Waals surface area contributed by atoms with E-state index in [-0.39, 0.29) is 22.6 Å². The first kappa shape index (κ1) is 39.2. The standard InChI is InChI=1S/C32H40N6O11S2/c1-31(2)21(29(46)47)37-26(50-31)19(35-23(41)17(33)13-5-9-15(39)10-6-13)25(43)34-18(14-7-11-16(40)12-8-14)24(42)36-20(28(44)45)27-38-22(30(48)49)32(3,4)51-27/h5-12,17-22,26-27,37-40H,33H2,1-4H3,(H,34,43)(H,35,41)(H,36,42)(H,44,45)(H,46,47)(H,48,49)/t17-,18-,19?,20?,21+,22+,26?,27?/m1/s1. The molecule has 0 bridgehead atoms. The van der Waals surface area contributed by atoms with Crippen molar-refractivity contribution in [3.8, 4) is 11.5 Å². The molecule has 0 spiro atoms. The van der Waals surface area contributed by atoms with Gasteiger partial charge < -0.3 is 47.2 Å². The summed E-state index contributed by atoms with van der Waals surface area (Å²) in [7, 11) is 0. The van der Waals surface area contributed by atoms with Gasteiger partial charge in [0.25, 0.3) is 0 Å². The smallest absolute Gasteiger partial charge is 0.328 e. The number of benzene rings is 2.